The molecule has 1 fully saturated rings. The lowest BCUT2D eigenvalue weighted by atomic mass is 10.1. The summed E-state index contributed by atoms with van der Waals surface area (Å²) >= 11 is 0. The summed E-state index contributed by atoms with van der Waals surface area (Å²) in [6.45, 7) is 10.4. The summed E-state index contributed by atoms with van der Waals surface area (Å²) in [4.78, 5) is 7.26. The number of methoxy groups -OCH3 is 2. The highest BCUT2D eigenvalue weighted by Gasteiger charge is 2.19. The van der Waals surface area contributed by atoms with Gasteiger partial charge in [-0.15, -0.1) is 0 Å². The predicted molar refractivity (Wildman–Crippen MR) is 123 cm³/mol. The molecule has 1 aliphatic heterocycles. The average molecular weight is 421 g/mol. The molecule has 0 radical (unpaired) electrons. The lowest BCUT2D eigenvalue weighted by molar-refractivity contribution is 0.128. The minimum Gasteiger partial charge on any atom is -0.493 e. The molecule has 0 spiro atoms. The summed E-state index contributed by atoms with van der Waals surface area (Å²) < 4.78 is 16.2. The van der Waals surface area contributed by atoms with Crippen molar-refractivity contribution in [2.75, 3.05) is 60.2 Å². The van der Waals surface area contributed by atoms with Crippen LogP contribution in [0.4, 0.5) is 0 Å². The van der Waals surface area contributed by atoms with E-state index in [2.05, 4.69) is 34.6 Å². The Morgan fingerprint density at radius 3 is 2.63 bits per heavy atom. The van der Waals surface area contributed by atoms with Crippen LogP contribution in [0.25, 0.3) is 0 Å². The Bertz CT molecular complexity index is 631. The normalized spacial score (nSPS) is 15.8. The number of hydrogen-bond donors (Lipinski definition) is 2. The summed E-state index contributed by atoms with van der Waals surface area (Å²) in [6.07, 6.45) is 4.23. The molecule has 0 aromatic heterocycles. The van der Waals surface area contributed by atoms with E-state index < -0.39 is 0 Å². The summed E-state index contributed by atoms with van der Waals surface area (Å²) in [6, 6.07) is 6.64. The van der Waals surface area contributed by atoms with Gasteiger partial charge in [-0.25, -0.2) is 0 Å². The lowest BCUT2D eigenvalue weighted by Gasteiger charge is -2.32. The van der Waals surface area contributed by atoms with Crippen molar-refractivity contribution in [3.63, 3.8) is 0 Å². The third-order valence-corrected chi connectivity index (χ3v) is 5.31. The van der Waals surface area contributed by atoms with E-state index >= 15 is 0 Å². The molecule has 2 rings (SSSR count). The van der Waals surface area contributed by atoms with Crippen molar-refractivity contribution in [1.82, 2.24) is 15.5 Å². The molecule has 1 saturated heterocycles. The molecule has 0 bridgehead atoms. The van der Waals surface area contributed by atoms with Crippen LogP contribution in [-0.2, 0) is 11.2 Å². The van der Waals surface area contributed by atoms with Crippen LogP contribution in [0.3, 0.4) is 0 Å². The summed E-state index contributed by atoms with van der Waals surface area (Å²) in [5, 5.41) is 7.00. The van der Waals surface area contributed by atoms with Gasteiger partial charge in [-0.2, -0.15) is 0 Å². The summed E-state index contributed by atoms with van der Waals surface area (Å²) in [7, 11) is 3.44. The zero-order valence-corrected chi connectivity index (χ0v) is 19.2. The zero-order chi connectivity index (χ0) is 21.6. The standard InChI is InChI=1S/C23H40N4O3/c1-5-24-23(26-20-11-14-27(15-12-20)16-17-28-3)25-13-7-8-19-9-10-21(29-4)22(18-19)30-6-2/h9-10,18,20H,5-8,11-17H2,1-4H3,(H2,24,25,26). The van der Waals surface area contributed by atoms with Gasteiger partial charge in [-0.05, 0) is 57.2 Å². The molecule has 170 valence electrons. The van der Waals surface area contributed by atoms with Crippen LogP contribution < -0.4 is 20.1 Å². The SMILES string of the molecule is CCNC(=NCCCc1ccc(OC)c(OCC)c1)NC1CCN(CCOC)CC1. The van der Waals surface area contributed by atoms with E-state index in [1.54, 1.807) is 14.2 Å². The average Bonchev–Trinajstić information content (AvgIpc) is 2.76. The van der Waals surface area contributed by atoms with Crippen molar-refractivity contribution in [2.24, 2.45) is 4.99 Å². The number of ether oxygens (including phenoxy) is 3. The quantitative estimate of drug-likeness (QED) is 0.308. The molecule has 0 saturated carbocycles. The predicted octanol–water partition coefficient (Wildman–Crippen LogP) is 2.69. The first-order valence-corrected chi connectivity index (χ1v) is 11.3. The highest BCUT2D eigenvalue weighted by Crippen LogP contribution is 2.28. The van der Waals surface area contributed by atoms with Crippen molar-refractivity contribution >= 4 is 5.96 Å². The Morgan fingerprint density at radius 2 is 1.97 bits per heavy atom. The van der Waals surface area contributed by atoms with Gasteiger partial charge in [0.05, 0.1) is 20.3 Å². The number of aliphatic imine (C=N–C) groups is 1. The van der Waals surface area contributed by atoms with Crippen LogP contribution in [0.1, 0.15) is 38.7 Å². The maximum Gasteiger partial charge on any atom is 0.191 e. The highest BCUT2D eigenvalue weighted by molar-refractivity contribution is 5.80. The van der Waals surface area contributed by atoms with Crippen LogP contribution in [0.5, 0.6) is 11.5 Å². The fraction of sp³-hybridized carbons (Fsp3) is 0.696. The molecule has 0 aliphatic carbocycles. The minimum absolute atomic E-state index is 0.483. The third-order valence-electron chi connectivity index (χ3n) is 5.31. The van der Waals surface area contributed by atoms with Crippen LogP contribution in [0.15, 0.2) is 23.2 Å². The first kappa shape index (κ1) is 24.3. The highest BCUT2D eigenvalue weighted by atomic mass is 16.5. The van der Waals surface area contributed by atoms with Crippen molar-refractivity contribution in [3.05, 3.63) is 23.8 Å². The van der Waals surface area contributed by atoms with Gasteiger partial charge in [0, 0.05) is 45.9 Å². The van der Waals surface area contributed by atoms with Gasteiger partial charge in [-0.3, -0.25) is 4.99 Å². The number of nitrogens with one attached hydrogen (secondary N) is 2. The molecule has 2 N–H and O–H groups in total. The van der Waals surface area contributed by atoms with Crippen LogP contribution in [-0.4, -0.2) is 77.1 Å². The number of nitrogens with zero attached hydrogens (tertiary/aromatic N) is 2. The number of guanidine groups is 1. The Balaban J connectivity index is 1.79. The Morgan fingerprint density at radius 1 is 1.17 bits per heavy atom. The van der Waals surface area contributed by atoms with E-state index in [1.165, 1.54) is 5.56 Å². The second kappa shape index (κ2) is 14.1. The fourth-order valence-electron chi connectivity index (χ4n) is 3.65. The maximum atomic E-state index is 5.68. The molecule has 0 atom stereocenters. The summed E-state index contributed by atoms with van der Waals surface area (Å²) in [5.74, 6) is 2.52. The number of likely N-dealkylation sites (tertiary alicyclic amines) is 1. The molecule has 0 amide bonds. The summed E-state index contributed by atoms with van der Waals surface area (Å²) in [5.41, 5.74) is 1.25. The Hall–Kier alpha value is -1.99. The lowest BCUT2D eigenvalue weighted by Crippen LogP contribution is -2.49. The molecule has 0 unspecified atom stereocenters. The number of benzene rings is 1. The molecule has 30 heavy (non-hydrogen) atoms. The fourth-order valence-corrected chi connectivity index (χ4v) is 3.65. The van der Waals surface area contributed by atoms with Crippen LogP contribution in [0.2, 0.25) is 0 Å². The number of aryl methyl sites for hydroxylation is 1. The monoisotopic (exact) mass is 420 g/mol. The molecule has 1 aliphatic rings. The van der Waals surface area contributed by atoms with Crippen LogP contribution >= 0.6 is 0 Å². The smallest absolute Gasteiger partial charge is 0.191 e. The zero-order valence-electron chi connectivity index (χ0n) is 19.2. The van der Waals surface area contributed by atoms with Gasteiger partial charge in [-0.1, -0.05) is 6.07 Å². The molecular weight excluding hydrogens is 380 g/mol. The molecule has 7 heteroatoms. The van der Waals surface area contributed by atoms with Gasteiger partial charge in [0.1, 0.15) is 0 Å². The second-order valence-corrected chi connectivity index (χ2v) is 7.54. The molecular formula is C23H40N4O3. The molecule has 1 aromatic rings. The second-order valence-electron chi connectivity index (χ2n) is 7.54. The van der Waals surface area contributed by atoms with Crippen molar-refractivity contribution in [2.45, 2.75) is 45.6 Å². The van der Waals surface area contributed by atoms with E-state index in [9.17, 15) is 0 Å². The molecule has 1 aromatic carbocycles. The largest absolute Gasteiger partial charge is 0.493 e. The Labute approximate surface area is 182 Å². The first-order chi connectivity index (χ1) is 14.7. The van der Waals surface area contributed by atoms with E-state index in [1.807, 2.05) is 13.0 Å². The third kappa shape index (κ3) is 8.40. The van der Waals surface area contributed by atoms with Crippen molar-refractivity contribution in [1.29, 1.82) is 0 Å². The first-order valence-electron chi connectivity index (χ1n) is 11.3. The van der Waals surface area contributed by atoms with E-state index in [4.69, 9.17) is 19.2 Å². The topological polar surface area (TPSA) is 67.4 Å². The van der Waals surface area contributed by atoms with Gasteiger partial charge >= 0.3 is 0 Å². The number of hydrogen-bond acceptors (Lipinski definition) is 5. The number of rotatable bonds is 12. The van der Waals surface area contributed by atoms with Crippen LogP contribution in [0, 0.1) is 0 Å². The van der Waals surface area contributed by atoms with Gasteiger partial charge in [0.25, 0.3) is 0 Å². The minimum atomic E-state index is 0.483. The number of piperidine rings is 1. The van der Waals surface area contributed by atoms with E-state index in [-0.39, 0.29) is 0 Å². The van der Waals surface area contributed by atoms with Gasteiger partial charge in [0.15, 0.2) is 17.5 Å². The maximum absolute atomic E-state index is 5.68. The van der Waals surface area contributed by atoms with E-state index in [0.29, 0.717) is 12.6 Å². The molecule has 7 nitrogen and oxygen atoms in total. The Kier molecular flexibility index (Phi) is 11.4. The van der Waals surface area contributed by atoms with Gasteiger partial charge < -0.3 is 29.7 Å². The van der Waals surface area contributed by atoms with Crippen molar-refractivity contribution in [3.8, 4) is 11.5 Å². The molecule has 1 heterocycles. The van der Waals surface area contributed by atoms with Crippen molar-refractivity contribution < 1.29 is 14.2 Å². The van der Waals surface area contributed by atoms with E-state index in [0.717, 1.165) is 82.5 Å². The van der Waals surface area contributed by atoms with Gasteiger partial charge in [0.2, 0.25) is 0 Å².